The molecule has 1 aromatic heterocycles. The Morgan fingerprint density at radius 1 is 1.33 bits per heavy atom. The highest BCUT2D eigenvalue weighted by Crippen LogP contribution is 2.26. The monoisotopic (exact) mass is 344 g/mol. The first-order valence-electron chi connectivity index (χ1n) is 7.67. The Bertz CT molecular complexity index is 785. The minimum Gasteiger partial charge on any atom is -0.372 e. The van der Waals surface area contributed by atoms with Crippen molar-refractivity contribution in [2.24, 2.45) is 0 Å². The molecule has 24 heavy (non-hydrogen) atoms. The summed E-state index contributed by atoms with van der Waals surface area (Å²) in [4.78, 5) is 17.5. The minimum atomic E-state index is -0.438. The van der Waals surface area contributed by atoms with Gasteiger partial charge >= 0.3 is 0 Å². The van der Waals surface area contributed by atoms with Gasteiger partial charge < -0.3 is 9.64 Å². The molecule has 4 nitrogen and oxygen atoms in total. The van der Waals surface area contributed by atoms with Gasteiger partial charge in [-0.05, 0) is 31.9 Å². The van der Waals surface area contributed by atoms with Gasteiger partial charge in [0, 0.05) is 30.2 Å². The average molecular weight is 344 g/mol. The maximum Gasteiger partial charge on any atom is 0.167 e. The lowest BCUT2D eigenvalue weighted by molar-refractivity contribution is -0.00527. The number of thiazole rings is 1. The molecule has 0 N–H and O–H groups in total. The first-order valence-corrected chi connectivity index (χ1v) is 8.55. The Balaban J connectivity index is 1.94. The summed E-state index contributed by atoms with van der Waals surface area (Å²) in [7, 11) is 0. The second kappa shape index (κ2) is 7.12. The molecule has 1 aliphatic rings. The van der Waals surface area contributed by atoms with Gasteiger partial charge in [0.25, 0.3) is 0 Å². The Morgan fingerprint density at radius 3 is 2.71 bits per heavy atom. The number of anilines is 1. The molecule has 124 valence electrons. The van der Waals surface area contributed by atoms with E-state index in [0.717, 1.165) is 6.29 Å². The van der Waals surface area contributed by atoms with E-state index in [4.69, 9.17) is 4.74 Å². The molecule has 0 spiro atoms. The molecule has 2 heterocycles. The van der Waals surface area contributed by atoms with E-state index in [9.17, 15) is 9.18 Å². The van der Waals surface area contributed by atoms with Gasteiger partial charge in [-0.1, -0.05) is 5.92 Å². The fourth-order valence-corrected chi connectivity index (χ4v) is 3.31. The van der Waals surface area contributed by atoms with E-state index in [-0.39, 0.29) is 17.8 Å². The van der Waals surface area contributed by atoms with E-state index in [1.165, 1.54) is 23.5 Å². The summed E-state index contributed by atoms with van der Waals surface area (Å²) in [6.45, 7) is 5.17. The number of aromatic nitrogens is 1. The van der Waals surface area contributed by atoms with Gasteiger partial charge in [0.2, 0.25) is 0 Å². The van der Waals surface area contributed by atoms with Crippen LogP contribution in [0.4, 0.5) is 10.1 Å². The van der Waals surface area contributed by atoms with Crippen molar-refractivity contribution in [3.05, 3.63) is 45.7 Å². The maximum absolute atomic E-state index is 14.5. The third-order valence-electron chi connectivity index (χ3n) is 3.74. The van der Waals surface area contributed by atoms with E-state index < -0.39 is 5.82 Å². The number of hydrogen-bond acceptors (Lipinski definition) is 5. The average Bonchev–Trinajstić information content (AvgIpc) is 3.06. The third-order valence-corrected chi connectivity index (χ3v) is 4.43. The lowest BCUT2D eigenvalue weighted by Crippen LogP contribution is -2.45. The van der Waals surface area contributed by atoms with Crippen LogP contribution in [0.3, 0.4) is 0 Å². The molecule has 0 amide bonds. The number of ether oxygens (including phenoxy) is 1. The van der Waals surface area contributed by atoms with Crippen molar-refractivity contribution in [2.75, 3.05) is 18.0 Å². The predicted octanol–water partition coefficient (Wildman–Crippen LogP) is 3.11. The highest BCUT2D eigenvalue weighted by molar-refractivity contribution is 7.10. The van der Waals surface area contributed by atoms with Crippen molar-refractivity contribution < 1.29 is 13.9 Å². The van der Waals surface area contributed by atoms with Crippen LogP contribution in [-0.4, -0.2) is 36.6 Å². The van der Waals surface area contributed by atoms with Crippen LogP contribution in [0, 0.1) is 17.7 Å². The van der Waals surface area contributed by atoms with Gasteiger partial charge in [0.1, 0.15) is 5.82 Å². The molecule has 1 aromatic carbocycles. The van der Waals surface area contributed by atoms with E-state index in [0.29, 0.717) is 29.3 Å². The van der Waals surface area contributed by atoms with Crippen LogP contribution in [0.25, 0.3) is 0 Å². The molecule has 6 heteroatoms. The van der Waals surface area contributed by atoms with Gasteiger partial charge in [-0.15, -0.1) is 11.3 Å². The van der Waals surface area contributed by atoms with Crippen molar-refractivity contribution in [3.63, 3.8) is 0 Å². The number of carbonyl (C=O) groups is 1. The summed E-state index contributed by atoms with van der Waals surface area (Å²) < 4.78 is 20.1. The number of carbonyl (C=O) groups excluding carboxylic acids is 1. The number of nitrogens with zero attached hydrogens (tertiary/aromatic N) is 2. The Hall–Kier alpha value is -2.23. The number of rotatable bonds is 2. The fourth-order valence-electron chi connectivity index (χ4n) is 2.82. The van der Waals surface area contributed by atoms with Gasteiger partial charge in [-0.25, -0.2) is 9.37 Å². The van der Waals surface area contributed by atoms with Crippen LogP contribution >= 0.6 is 11.3 Å². The topological polar surface area (TPSA) is 42.4 Å². The van der Waals surface area contributed by atoms with Crippen LogP contribution in [0.2, 0.25) is 0 Å². The number of morpholine rings is 1. The summed E-state index contributed by atoms with van der Waals surface area (Å²) in [5.41, 5.74) is 1.22. The predicted molar refractivity (Wildman–Crippen MR) is 92.1 cm³/mol. The Kier molecular flexibility index (Phi) is 4.93. The molecule has 0 unspecified atom stereocenters. The number of halogens is 1. The van der Waals surface area contributed by atoms with Crippen molar-refractivity contribution in [1.29, 1.82) is 0 Å². The maximum atomic E-state index is 14.5. The highest BCUT2D eigenvalue weighted by atomic mass is 32.1. The van der Waals surface area contributed by atoms with Crippen molar-refractivity contribution in [1.82, 2.24) is 4.98 Å². The van der Waals surface area contributed by atoms with Gasteiger partial charge in [-0.2, -0.15) is 0 Å². The second-order valence-corrected chi connectivity index (χ2v) is 6.65. The molecule has 1 saturated heterocycles. The summed E-state index contributed by atoms with van der Waals surface area (Å²) in [5.74, 6) is 5.13. The minimum absolute atomic E-state index is 0.0284. The molecule has 0 aliphatic carbocycles. The van der Waals surface area contributed by atoms with Crippen molar-refractivity contribution in [3.8, 4) is 11.8 Å². The Labute approximate surface area is 144 Å². The quantitative estimate of drug-likeness (QED) is 0.620. The number of aldehydes is 1. The molecule has 0 radical (unpaired) electrons. The summed E-state index contributed by atoms with van der Waals surface area (Å²) in [6.07, 6.45) is 2.45. The van der Waals surface area contributed by atoms with Crippen LogP contribution < -0.4 is 4.90 Å². The third kappa shape index (κ3) is 3.64. The molecular weight excluding hydrogens is 327 g/mol. The molecule has 0 saturated carbocycles. The standard InChI is InChI=1S/C18H17FN2O2S/c1-12-9-21(10-13(2)23-12)17-8-16(19)14(7-15(17)11-22)3-4-18-20-5-6-24-18/h5-8,11-13H,9-10H2,1-2H3/t12-,13+. The van der Waals surface area contributed by atoms with Crippen LogP contribution in [0.1, 0.15) is 34.8 Å². The van der Waals surface area contributed by atoms with E-state index in [1.807, 2.05) is 18.7 Å². The lowest BCUT2D eigenvalue weighted by Gasteiger charge is -2.37. The molecule has 1 aliphatic heterocycles. The smallest absolute Gasteiger partial charge is 0.167 e. The SMILES string of the molecule is C[C@@H]1CN(c2cc(F)c(C#Cc3nccs3)cc2C=O)C[C@H](C)O1. The molecule has 0 bridgehead atoms. The zero-order valence-electron chi connectivity index (χ0n) is 13.5. The largest absolute Gasteiger partial charge is 0.372 e. The fraction of sp³-hybridized carbons (Fsp3) is 0.333. The van der Waals surface area contributed by atoms with Gasteiger partial charge in [-0.3, -0.25) is 4.79 Å². The van der Waals surface area contributed by atoms with E-state index >= 15 is 0 Å². The van der Waals surface area contributed by atoms with E-state index in [2.05, 4.69) is 16.8 Å². The Morgan fingerprint density at radius 2 is 2.08 bits per heavy atom. The molecular formula is C18H17FN2O2S. The second-order valence-electron chi connectivity index (χ2n) is 5.76. The van der Waals surface area contributed by atoms with Gasteiger partial charge in [0.05, 0.1) is 23.5 Å². The van der Waals surface area contributed by atoms with Crippen LogP contribution in [-0.2, 0) is 4.74 Å². The van der Waals surface area contributed by atoms with Gasteiger partial charge in [0.15, 0.2) is 11.3 Å². The summed E-state index contributed by atoms with van der Waals surface area (Å²) in [6, 6.07) is 2.89. The summed E-state index contributed by atoms with van der Waals surface area (Å²) >= 11 is 1.39. The first-order chi connectivity index (χ1) is 11.6. The number of hydrogen-bond donors (Lipinski definition) is 0. The molecule has 3 rings (SSSR count). The normalized spacial score (nSPS) is 20.4. The molecule has 2 aromatic rings. The van der Waals surface area contributed by atoms with E-state index in [1.54, 1.807) is 11.6 Å². The first kappa shape index (κ1) is 16.6. The lowest BCUT2D eigenvalue weighted by atomic mass is 10.1. The molecule has 2 atom stereocenters. The molecule has 1 fully saturated rings. The zero-order valence-corrected chi connectivity index (χ0v) is 14.3. The van der Waals surface area contributed by atoms with Crippen molar-refractivity contribution in [2.45, 2.75) is 26.1 Å². The van der Waals surface area contributed by atoms with Crippen LogP contribution in [0.5, 0.6) is 0 Å². The van der Waals surface area contributed by atoms with Crippen molar-refractivity contribution >= 4 is 23.3 Å². The zero-order chi connectivity index (χ0) is 17.1. The number of benzene rings is 1. The highest BCUT2D eigenvalue weighted by Gasteiger charge is 2.24. The van der Waals surface area contributed by atoms with Crippen LogP contribution in [0.15, 0.2) is 23.7 Å². The summed E-state index contributed by atoms with van der Waals surface area (Å²) in [5, 5.41) is 2.42.